The highest BCUT2D eigenvalue weighted by Gasteiger charge is 2.34. The summed E-state index contributed by atoms with van der Waals surface area (Å²) in [5.74, 6) is -0.750. The number of halogens is 1. The third-order valence-corrected chi connectivity index (χ3v) is 5.60. The van der Waals surface area contributed by atoms with Crippen LogP contribution in [0, 0.1) is 11.7 Å². The molecule has 1 saturated carbocycles. The average Bonchev–Trinajstić information content (AvgIpc) is 3.35. The zero-order chi connectivity index (χ0) is 20.2. The first-order valence-corrected chi connectivity index (χ1v) is 10.2. The van der Waals surface area contributed by atoms with Crippen LogP contribution >= 0.6 is 0 Å². The summed E-state index contributed by atoms with van der Waals surface area (Å²) >= 11 is 0. The first-order valence-electron chi connectivity index (χ1n) is 10.2. The molecule has 1 aliphatic heterocycles. The second-order valence-electron chi connectivity index (χ2n) is 7.81. The predicted octanol–water partition coefficient (Wildman–Crippen LogP) is 4.13. The van der Waals surface area contributed by atoms with Crippen LogP contribution in [0.5, 0.6) is 5.75 Å². The van der Waals surface area contributed by atoms with Gasteiger partial charge in [-0.1, -0.05) is 30.3 Å². The fourth-order valence-corrected chi connectivity index (χ4v) is 4.02. The van der Waals surface area contributed by atoms with Gasteiger partial charge in [-0.25, -0.2) is 4.39 Å². The molecule has 1 aliphatic carbocycles. The van der Waals surface area contributed by atoms with E-state index in [1.807, 2.05) is 30.3 Å². The molecule has 1 N–H and O–H groups in total. The number of likely N-dealkylation sites (tertiary alicyclic amines) is 1. The van der Waals surface area contributed by atoms with Gasteiger partial charge in [-0.3, -0.25) is 9.59 Å². The third-order valence-electron chi connectivity index (χ3n) is 5.60. The van der Waals surface area contributed by atoms with Gasteiger partial charge in [0.1, 0.15) is 11.6 Å². The molecule has 1 saturated heterocycles. The Hall–Kier alpha value is -2.89. The maximum absolute atomic E-state index is 13.7. The summed E-state index contributed by atoms with van der Waals surface area (Å²) in [4.78, 5) is 26.9. The number of ether oxygens (including phenoxy) is 1. The summed E-state index contributed by atoms with van der Waals surface area (Å²) in [6.07, 6.45) is 4.32. The van der Waals surface area contributed by atoms with Crippen molar-refractivity contribution in [2.45, 2.75) is 44.8 Å². The van der Waals surface area contributed by atoms with Crippen LogP contribution in [0.1, 0.15) is 37.7 Å². The minimum atomic E-state index is -0.435. The number of amides is 2. The Morgan fingerprint density at radius 3 is 2.66 bits per heavy atom. The number of hydrogen-bond acceptors (Lipinski definition) is 3. The highest BCUT2D eigenvalue weighted by atomic mass is 19.1. The number of carbonyl (C=O) groups excluding carboxylic acids is 2. The van der Waals surface area contributed by atoms with E-state index in [1.54, 1.807) is 4.90 Å². The van der Waals surface area contributed by atoms with E-state index >= 15 is 0 Å². The smallest absolute Gasteiger partial charge is 0.229 e. The van der Waals surface area contributed by atoms with Crippen LogP contribution in [0.2, 0.25) is 0 Å². The third kappa shape index (κ3) is 4.75. The van der Waals surface area contributed by atoms with Gasteiger partial charge in [0.2, 0.25) is 11.8 Å². The van der Waals surface area contributed by atoms with Crippen LogP contribution in [-0.4, -0.2) is 29.4 Å². The molecule has 1 unspecified atom stereocenters. The SMILES string of the molecule is O=C(Nc1ccc(F)cc1OC1CCCC1)C1CC(=O)N(Cc2ccccc2)C1. The lowest BCUT2D eigenvalue weighted by Crippen LogP contribution is -2.28. The van der Waals surface area contributed by atoms with Crippen LogP contribution in [0.4, 0.5) is 10.1 Å². The zero-order valence-corrected chi connectivity index (χ0v) is 16.3. The standard InChI is InChI=1S/C23H25FN2O3/c24-18-10-11-20(21(13-18)29-19-8-4-5-9-19)25-23(28)17-12-22(27)26(15-17)14-16-6-2-1-3-7-16/h1-3,6-7,10-11,13,17,19H,4-5,8-9,12,14-15H2,(H,25,28). The van der Waals surface area contributed by atoms with E-state index in [0.717, 1.165) is 31.2 Å². The Kier molecular flexibility index (Phi) is 5.79. The van der Waals surface area contributed by atoms with Gasteiger partial charge in [-0.05, 0) is 43.4 Å². The maximum atomic E-state index is 13.7. The van der Waals surface area contributed by atoms with Crippen LogP contribution in [0.15, 0.2) is 48.5 Å². The summed E-state index contributed by atoms with van der Waals surface area (Å²) in [6.45, 7) is 0.871. The molecule has 152 valence electrons. The van der Waals surface area contributed by atoms with E-state index in [4.69, 9.17) is 4.74 Å². The average molecular weight is 396 g/mol. The van der Waals surface area contributed by atoms with Crippen molar-refractivity contribution in [1.82, 2.24) is 4.90 Å². The summed E-state index contributed by atoms with van der Waals surface area (Å²) in [6, 6.07) is 13.9. The molecule has 29 heavy (non-hydrogen) atoms. The number of benzene rings is 2. The van der Waals surface area contributed by atoms with Gasteiger partial charge < -0.3 is 15.0 Å². The van der Waals surface area contributed by atoms with Gasteiger partial charge >= 0.3 is 0 Å². The molecule has 0 aromatic heterocycles. The quantitative estimate of drug-likeness (QED) is 0.799. The molecule has 4 rings (SSSR count). The number of carbonyl (C=O) groups is 2. The summed E-state index contributed by atoms with van der Waals surface area (Å²) in [7, 11) is 0. The van der Waals surface area contributed by atoms with Crippen molar-refractivity contribution in [3.05, 3.63) is 59.9 Å². The largest absolute Gasteiger partial charge is 0.488 e. The molecule has 5 nitrogen and oxygen atoms in total. The van der Waals surface area contributed by atoms with Crippen LogP contribution < -0.4 is 10.1 Å². The molecule has 2 aromatic carbocycles. The van der Waals surface area contributed by atoms with Gasteiger partial charge in [-0.15, -0.1) is 0 Å². The van der Waals surface area contributed by atoms with E-state index in [-0.39, 0.29) is 24.3 Å². The molecule has 1 heterocycles. The van der Waals surface area contributed by atoms with E-state index in [9.17, 15) is 14.0 Å². The Balaban J connectivity index is 1.41. The molecule has 2 amide bonds. The van der Waals surface area contributed by atoms with Crippen molar-refractivity contribution in [1.29, 1.82) is 0 Å². The first-order chi connectivity index (χ1) is 14.1. The molecule has 0 spiro atoms. The molecule has 6 heteroatoms. The van der Waals surface area contributed by atoms with Crippen molar-refractivity contribution >= 4 is 17.5 Å². The van der Waals surface area contributed by atoms with E-state index in [0.29, 0.717) is 24.5 Å². The van der Waals surface area contributed by atoms with Gasteiger partial charge in [-0.2, -0.15) is 0 Å². The second kappa shape index (κ2) is 8.64. The molecule has 0 radical (unpaired) electrons. The van der Waals surface area contributed by atoms with Crippen molar-refractivity contribution in [3.8, 4) is 5.75 Å². The lowest BCUT2D eigenvalue weighted by molar-refractivity contribution is -0.128. The monoisotopic (exact) mass is 396 g/mol. The molecule has 2 aliphatic rings. The van der Waals surface area contributed by atoms with Gasteiger partial charge in [0, 0.05) is 25.6 Å². The zero-order valence-electron chi connectivity index (χ0n) is 16.3. The van der Waals surface area contributed by atoms with Gasteiger partial charge in [0.25, 0.3) is 0 Å². The minimum Gasteiger partial charge on any atom is -0.488 e. The Bertz CT molecular complexity index is 881. The van der Waals surface area contributed by atoms with Crippen molar-refractivity contribution in [3.63, 3.8) is 0 Å². The van der Waals surface area contributed by atoms with Crippen molar-refractivity contribution in [2.75, 3.05) is 11.9 Å². The maximum Gasteiger partial charge on any atom is 0.229 e. The predicted molar refractivity (Wildman–Crippen MR) is 108 cm³/mol. The Morgan fingerprint density at radius 1 is 1.14 bits per heavy atom. The van der Waals surface area contributed by atoms with Crippen LogP contribution in [0.3, 0.4) is 0 Å². The number of rotatable bonds is 6. The molecule has 2 aromatic rings. The minimum absolute atomic E-state index is 0.0319. The second-order valence-corrected chi connectivity index (χ2v) is 7.81. The fraction of sp³-hybridized carbons (Fsp3) is 0.391. The Morgan fingerprint density at radius 2 is 1.90 bits per heavy atom. The molecular weight excluding hydrogens is 371 g/mol. The lowest BCUT2D eigenvalue weighted by Gasteiger charge is -2.19. The number of anilines is 1. The number of nitrogens with zero attached hydrogens (tertiary/aromatic N) is 1. The fourth-order valence-electron chi connectivity index (χ4n) is 4.02. The summed E-state index contributed by atoms with van der Waals surface area (Å²) in [5.41, 5.74) is 1.49. The first kappa shape index (κ1) is 19.4. The Labute approximate surface area is 169 Å². The van der Waals surface area contributed by atoms with Crippen molar-refractivity contribution in [2.24, 2.45) is 5.92 Å². The van der Waals surface area contributed by atoms with E-state index < -0.39 is 11.7 Å². The topological polar surface area (TPSA) is 58.6 Å². The van der Waals surface area contributed by atoms with E-state index in [2.05, 4.69) is 5.32 Å². The highest BCUT2D eigenvalue weighted by Crippen LogP contribution is 2.31. The van der Waals surface area contributed by atoms with Crippen molar-refractivity contribution < 1.29 is 18.7 Å². The van der Waals surface area contributed by atoms with Crippen LogP contribution in [-0.2, 0) is 16.1 Å². The number of nitrogens with one attached hydrogen (secondary N) is 1. The highest BCUT2D eigenvalue weighted by molar-refractivity contribution is 5.98. The molecule has 0 bridgehead atoms. The summed E-state index contributed by atoms with van der Waals surface area (Å²) < 4.78 is 19.7. The van der Waals surface area contributed by atoms with E-state index in [1.165, 1.54) is 18.2 Å². The van der Waals surface area contributed by atoms with Gasteiger partial charge in [0.15, 0.2) is 0 Å². The normalized spacial score (nSPS) is 19.6. The molecule has 1 atom stereocenters. The van der Waals surface area contributed by atoms with Gasteiger partial charge in [0.05, 0.1) is 17.7 Å². The lowest BCUT2D eigenvalue weighted by atomic mass is 10.1. The summed E-state index contributed by atoms with van der Waals surface area (Å²) in [5, 5.41) is 2.85. The molecule has 2 fully saturated rings. The number of hydrogen-bond donors (Lipinski definition) is 1. The van der Waals surface area contributed by atoms with Crippen LogP contribution in [0.25, 0.3) is 0 Å². The molecular formula is C23H25FN2O3.